The highest BCUT2D eigenvalue weighted by atomic mass is 16.2. The zero-order chi connectivity index (χ0) is 17.4. The minimum absolute atomic E-state index is 0.0340. The second-order valence-corrected chi connectivity index (χ2v) is 3.76. The van der Waals surface area contributed by atoms with Crippen LogP contribution in [0.25, 0.3) is 11.0 Å². The molecule has 0 saturated heterocycles. The van der Waals surface area contributed by atoms with Crippen LogP contribution in [0, 0.1) is 0 Å². The first-order valence-corrected chi connectivity index (χ1v) is 5.39. The normalized spacial score (nSPS) is 16.6. The van der Waals surface area contributed by atoms with Gasteiger partial charge in [0.2, 0.25) is 0 Å². The number of aromatic nitrogens is 3. The molecule has 18 heavy (non-hydrogen) atoms. The molecule has 0 radical (unpaired) electrons. The van der Waals surface area contributed by atoms with Crippen molar-refractivity contribution in [2.45, 2.75) is 32.6 Å². The molecule has 6 heteroatoms. The number of nitrogens with zero attached hydrogens (tertiary/aromatic N) is 1. The highest BCUT2D eigenvalue weighted by Crippen LogP contribution is 2.01. The van der Waals surface area contributed by atoms with E-state index in [1.807, 2.05) is 0 Å². The van der Waals surface area contributed by atoms with Crippen molar-refractivity contribution in [2.24, 2.45) is 0 Å². The predicted octanol–water partition coefficient (Wildman–Crippen LogP) is 0.777. The first kappa shape index (κ1) is 7.35. The van der Waals surface area contributed by atoms with Gasteiger partial charge in [-0.05, 0) is 25.8 Å². The third-order valence-corrected chi connectivity index (χ3v) is 2.54. The van der Waals surface area contributed by atoms with Crippen LogP contribution in [0.3, 0.4) is 0 Å². The fraction of sp³-hybridized carbons (Fsp3) is 0.417. The maximum Gasteiger partial charge on any atom is 0.329 e. The molecule has 0 aromatic carbocycles. The van der Waals surface area contributed by atoms with Gasteiger partial charge in [0.1, 0.15) is 11.4 Å². The lowest BCUT2D eigenvalue weighted by Crippen LogP contribution is -2.34. The van der Waals surface area contributed by atoms with E-state index in [1.165, 1.54) is 12.3 Å². The summed E-state index contributed by atoms with van der Waals surface area (Å²) >= 11 is 0. The van der Waals surface area contributed by atoms with E-state index in [2.05, 4.69) is 9.97 Å². The molecule has 0 spiro atoms. The van der Waals surface area contributed by atoms with Gasteiger partial charge in [-0.2, -0.15) is 0 Å². The van der Waals surface area contributed by atoms with Crippen molar-refractivity contribution in [1.29, 1.82) is 0 Å². The summed E-state index contributed by atoms with van der Waals surface area (Å²) in [7, 11) is 0. The van der Waals surface area contributed by atoms with Gasteiger partial charge in [-0.15, -0.1) is 0 Å². The molecule has 96 valence electrons. The van der Waals surface area contributed by atoms with Gasteiger partial charge in [0, 0.05) is 26.0 Å². The van der Waals surface area contributed by atoms with Crippen LogP contribution in [0.15, 0.2) is 21.9 Å². The number of hydrogen-bond donors (Lipinski definition) is 2. The number of fused-ring (bicyclic) bond motifs is 1. The van der Waals surface area contributed by atoms with Crippen LogP contribution in [-0.2, 0) is 11.3 Å². The van der Waals surface area contributed by atoms with Crippen LogP contribution in [0.5, 0.6) is 0 Å². The lowest BCUT2D eigenvalue weighted by atomic mass is 10.2. The molecule has 0 aliphatic rings. The molecule has 0 saturated carbocycles. The third kappa shape index (κ3) is 2.42. The topological polar surface area (TPSA) is 87.7 Å². The Kier molecular flexibility index (Phi) is 2.06. The Morgan fingerprint density at radius 2 is 2.33 bits per heavy atom. The second kappa shape index (κ2) is 5.03. The van der Waals surface area contributed by atoms with Crippen molar-refractivity contribution < 1.29 is 11.6 Å². The highest BCUT2D eigenvalue weighted by molar-refractivity contribution is 5.75. The molecule has 0 atom stereocenters. The fourth-order valence-electron chi connectivity index (χ4n) is 1.71. The van der Waals surface area contributed by atoms with Gasteiger partial charge in [0.15, 0.2) is 0 Å². The van der Waals surface area contributed by atoms with Gasteiger partial charge in [-0.25, -0.2) is 4.79 Å². The number of nitrogens with one attached hydrogen (secondary N) is 2. The number of hydrogen-bond acceptors (Lipinski definition) is 3. The zero-order valence-corrected chi connectivity index (χ0v) is 9.45. The van der Waals surface area contributed by atoms with Crippen molar-refractivity contribution in [2.75, 3.05) is 0 Å². The lowest BCUT2D eigenvalue weighted by molar-refractivity contribution is -0.117. The smallest absolute Gasteiger partial charge is 0.329 e. The molecule has 6 nitrogen and oxygen atoms in total. The van der Waals surface area contributed by atoms with E-state index >= 15 is 0 Å². The molecule has 2 heterocycles. The van der Waals surface area contributed by atoms with Crippen molar-refractivity contribution in [3.05, 3.63) is 33.1 Å². The summed E-state index contributed by atoms with van der Waals surface area (Å²) in [4.78, 5) is 40.7. The molecule has 2 aromatic rings. The zero-order valence-electron chi connectivity index (χ0n) is 14.4. The number of ketones is 1. The first-order chi connectivity index (χ1) is 10.5. The van der Waals surface area contributed by atoms with Crippen molar-refractivity contribution in [3.8, 4) is 0 Å². The van der Waals surface area contributed by atoms with E-state index in [0.29, 0.717) is 5.65 Å². The molecule has 0 fully saturated rings. The van der Waals surface area contributed by atoms with E-state index in [0.717, 1.165) is 4.57 Å². The molecule has 2 rings (SSSR count). The van der Waals surface area contributed by atoms with Crippen LogP contribution in [-0.4, -0.2) is 20.3 Å². The number of H-pyrrole nitrogens is 2. The standard InChI is InChI=1S/C12H15N3O3/c1-8(16)4-2-3-7-15-11(17)9-5-6-13-10(9)14-12(15)18/h5-6,13H,2-4,7H2,1H3,(H,14,18)/i1D3,4D2. The Bertz CT molecular complexity index is 846. The molecular weight excluding hydrogens is 234 g/mol. The van der Waals surface area contributed by atoms with Crippen molar-refractivity contribution in [3.63, 3.8) is 0 Å². The number of carbonyl (C=O) groups is 1. The maximum absolute atomic E-state index is 12.1. The van der Waals surface area contributed by atoms with E-state index in [4.69, 9.17) is 6.85 Å². The van der Waals surface area contributed by atoms with Gasteiger partial charge < -0.3 is 9.78 Å². The van der Waals surface area contributed by atoms with E-state index in [9.17, 15) is 14.4 Å². The Balaban J connectivity index is 2.15. The van der Waals surface area contributed by atoms with Gasteiger partial charge in [-0.3, -0.25) is 14.3 Å². The van der Waals surface area contributed by atoms with Gasteiger partial charge in [-0.1, -0.05) is 0 Å². The number of aromatic amines is 2. The van der Waals surface area contributed by atoms with Gasteiger partial charge in [0.25, 0.3) is 5.56 Å². The Morgan fingerprint density at radius 1 is 1.50 bits per heavy atom. The molecule has 0 aliphatic carbocycles. The largest absolute Gasteiger partial charge is 0.347 e. The summed E-state index contributed by atoms with van der Waals surface area (Å²) in [5, 5.41) is 0.283. The summed E-state index contributed by atoms with van der Waals surface area (Å²) in [6.45, 7) is -3.15. The second-order valence-electron chi connectivity index (χ2n) is 3.76. The molecule has 0 bridgehead atoms. The average molecular weight is 254 g/mol. The van der Waals surface area contributed by atoms with Gasteiger partial charge in [0.05, 0.1) is 5.39 Å². The van der Waals surface area contributed by atoms with Crippen LogP contribution < -0.4 is 11.2 Å². The number of rotatable bonds is 5. The minimum Gasteiger partial charge on any atom is -0.347 e. The summed E-state index contributed by atoms with van der Waals surface area (Å²) in [5.41, 5.74) is -0.899. The van der Waals surface area contributed by atoms with Crippen LogP contribution in [0.2, 0.25) is 0 Å². The molecule has 0 aliphatic heterocycles. The van der Waals surface area contributed by atoms with Gasteiger partial charge >= 0.3 is 5.69 Å². The maximum atomic E-state index is 12.1. The molecule has 2 aromatic heterocycles. The minimum atomic E-state index is -3.03. The molecule has 0 amide bonds. The van der Waals surface area contributed by atoms with Crippen LogP contribution in [0.4, 0.5) is 0 Å². The average Bonchev–Trinajstić information content (AvgIpc) is 2.88. The van der Waals surface area contributed by atoms with Crippen molar-refractivity contribution >= 4 is 16.8 Å². The summed E-state index contributed by atoms with van der Waals surface area (Å²) < 4.78 is 36.9. The van der Waals surface area contributed by atoms with E-state index < -0.39 is 36.7 Å². The van der Waals surface area contributed by atoms with Crippen LogP contribution >= 0.6 is 0 Å². The molecular formula is C12H15N3O3. The lowest BCUT2D eigenvalue weighted by Gasteiger charge is -2.03. The van der Waals surface area contributed by atoms with Crippen molar-refractivity contribution in [1.82, 2.24) is 14.5 Å². The number of carbonyl (C=O) groups excluding carboxylic acids is 1. The monoisotopic (exact) mass is 254 g/mol. The summed E-state index contributed by atoms with van der Waals surface area (Å²) in [6, 6.07) is 1.50. The SMILES string of the molecule is [2H]C([2H])([2H])C(=O)C([2H])([2H])CCCn1c(=O)[nH]c2[nH]ccc2c1=O. The third-order valence-electron chi connectivity index (χ3n) is 2.54. The summed E-state index contributed by atoms with van der Waals surface area (Å²) in [6.07, 6.45) is -1.48. The fourth-order valence-corrected chi connectivity index (χ4v) is 1.71. The summed E-state index contributed by atoms with van der Waals surface area (Å²) in [5.74, 6) is -1.48. The molecule has 2 N–H and O–H groups in total. The van der Waals surface area contributed by atoms with E-state index in [1.54, 1.807) is 0 Å². The molecule has 0 unspecified atom stereocenters. The number of Topliss-reactive ketones (excluding diaryl/α,β-unsaturated/α-hetero) is 1. The highest BCUT2D eigenvalue weighted by Gasteiger charge is 2.07. The predicted molar refractivity (Wildman–Crippen MR) is 67.7 cm³/mol. The first-order valence-electron chi connectivity index (χ1n) is 7.89. The Labute approximate surface area is 110 Å². The quantitative estimate of drug-likeness (QED) is 0.826. The Morgan fingerprint density at radius 3 is 3.11 bits per heavy atom. The van der Waals surface area contributed by atoms with E-state index in [-0.39, 0.29) is 18.4 Å². The van der Waals surface area contributed by atoms with Crippen LogP contribution in [0.1, 0.15) is 32.9 Å². The Hall–Kier alpha value is -2.11.